The van der Waals surface area contributed by atoms with Crippen LogP contribution in [0.2, 0.25) is 0 Å². The molecule has 24 heavy (non-hydrogen) atoms. The highest BCUT2D eigenvalue weighted by molar-refractivity contribution is 5.98. The Morgan fingerprint density at radius 3 is 2.50 bits per heavy atom. The van der Waals surface area contributed by atoms with E-state index in [2.05, 4.69) is 15.4 Å². The molecule has 1 aromatic rings. The summed E-state index contributed by atoms with van der Waals surface area (Å²) in [7, 11) is 1.34. The predicted molar refractivity (Wildman–Crippen MR) is 83.5 cm³/mol. The lowest BCUT2D eigenvalue weighted by atomic mass is 10.2. The highest BCUT2D eigenvalue weighted by Crippen LogP contribution is 2.17. The molecule has 0 aliphatic rings. The van der Waals surface area contributed by atoms with Gasteiger partial charge >= 0.3 is 12.0 Å². The molecule has 4 amide bonds. The molecule has 0 fully saturated rings. The summed E-state index contributed by atoms with van der Waals surface area (Å²) >= 11 is 0. The van der Waals surface area contributed by atoms with Crippen LogP contribution in [0.25, 0.3) is 0 Å². The van der Waals surface area contributed by atoms with Crippen LogP contribution < -0.4 is 20.7 Å². The average Bonchev–Trinajstić information content (AvgIpc) is 2.58. The Morgan fingerprint density at radius 2 is 1.83 bits per heavy atom. The second kappa shape index (κ2) is 9.82. The van der Waals surface area contributed by atoms with Gasteiger partial charge in [0.15, 0.2) is 6.61 Å². The van der Waals surface area contributed by atoms with Gasteiger partial charge in [0.25, 0.3) is 11.8 Å². The highest BCUT2D eigenvalue weighted by Gasteiger charge is 2.14. The van der Waals surface area contributed by atoms with Crippen LogP contribution in [0, 0.1) is 0 Å². The lowest BCUT2D eigenvalue weighted by Gasteiger charge is -2.10. The van der Waals surface area contributed by atoms with E-state index in [1.807, 2.05) is 5.32 Å². The van der Waals surface area contributed by atoms with Gasteiger partial charge in [-0.1, -0.05) is 12.1 Å². The molecule has 0 bridgehead atoms. The fraction of sp³-hybridized carbons (Fsp3) is 0.333. The minimum Gasteiger partial charge on any atom is -0.493 e. The van der Waals surface area contributed by atoms with E-state index in [4.69, 9.17) is 4.74 Å². The summed E-state index contributed by atoms with van der Waals surface area (Å²) in [6, 6.07) is 5.87. The van der Waals surface area contributed by atoms with E-state index in [1.165, 1.54) is 7.05 Å². The molecule has 0 aliphatic heterocycles. The fourth-order valence-electron chi connectivity index (χ4n) is 1.61. The van der Waals surface area contributed by atoms with Gasteiger partial charge in [-0.15, -0.1) is 0 Å². The summed E-state index contributed by atoms with van der Waals surface area (Å²) in [4.78, 5) is 45.6. The molecule has 0 aliphatic carbocycles. The summed E-state index contributed by atoms with van der Waals surface area (Å²) < 4.78 is 9.96. The number of rotatable bonds is 7. The number of carbonyl (C=O) groups excluding carboxylic acids is 4. The molecule has 0 aromatic heterocycles. The number of imide groups is 1. The zero-order valence-electron chi connectivity index (χ0n) is 13.4. The molecule has 1 rings (SSSR count). The van der Waals surface area contributed by atoms with Crippen molar-refractivity contribution in [3.05, 3.63) is 29.8 Å². The Bertz CT molecular complexity index is 617. The summed E-state index contributed by atoms with van der Waals surface area (Å²) in [5, 5.41) is 6.47. The Balaban J connectivity index is 2.43. The summed E-state index contributed by atoms with van der Waals surface area (Å²) in [5.41, 5.74) is 0.282. The average molecular weight is 337 g/mol. The van der Waals surface area contributed by atoms with Crippen molar-refractivity contribution in [2.45, 2.75) is 6.92 Å². The predicted octanol–water partition coefficient (Wildman–Crippen LogP) is -0.186. The fourth-order valence-corrected chi connectivity index (χ4v) is 1.61. The zero-order valence-corrected chi connectivity index (χ0v) is 13.4. The maximum Gasteiger partial charge on any atom is 0.325 e. The van der Waals surface area contributed by atoms with Gasteiger partial charge in [0.1, 0.15) is 12.3 Å². The third-order valence-electron chi connectivity index (χ3n) is 2.67. The topological polar surface area (TPSA) is 123 Å². The number of para-hydroxylation sites is 1. The van der Waals surface area contributed by atoms with Crippen LogP contribution in [-0.2, 0) is 14.3 Å². The maximum atomic E-state index is 12.0. The number of hydrogen-bond donors (Lipinski definition) is 3. The van der Waals surface area contributed by atoms with Crippen LogP contribution in [0.1, 0.15) is 17.3 Å². The van der Waals surface area contributed by atoms with Crippen molar-refractivity contribution in [3.8, 4) is 5.75 Å². The molecule has 9 nitrogen and oxygen atoms in total. The highest BCUT2D eigenvalue weighted by atomic mass is 16.5. The Labute approximate surface area is 138 Å². The number of hydrogen-bond acceptors (Lipinski definition) is 6. The van der Waals surface area contributed by atoms with E-state index in [1.54, 1.807) is 31.2 Å². The quantitative estimate of drug-likeness (QED) is 0.593. The first kappa shape index (κ1) is 18.9. The Morgan fingerprint density at radius 1 is 1.12 bits per heavy atom. The third kappa shape index (κ3) is 6.34. The molecule has 1 aromatic carbocycles. The van der Waals surface area contributed by atoms with Crippen molar-refractivity contribution in [2.24, 2.45) is 0 Å². The van der Waals surface area contributed by atoms with E-state index in [0.29, 0.717) is 12.4 Å². The molecular weight excluding hydrogens is 318 g/mol. The smallest absolute Gasteiger partial charge is 0.325 e. The van der Waals surface area contributed by atoms with Crippen LogP contribution in [0.4, 0.5) is 4.79 Å². The van der Waals surface area contributed by atoms with E-state index in [-0.39, 0.29) is 5.56 Å². The molecule has 0 saturated heterocycles. The molecule has 130 valence electrons. The number of ether oxygens (including phenoxy) is 2. The van der Waals surface area contributed by atoms with Crippen LogP contribution in [0.15, 0.2) is 24.3 Å². The third-order valence-corrected chi connectivity index (χ3v) is 2.67. The summed E-state index contributed by atoms with van der Waals surface area (Å²) in [6.07, 6.45) is 0. The van der Waals surface area contributed by atoms with Crippen molar-refractivity contribution < 1.29 is 28.7 Å². The first-order valence-corrected chi connectivity index (χ1v) is 7.15. The van der Waals surface area contributed by atoms with Gasteiger partial charge in [0.2, 0.25) is 0 Å². The second-order valence-electron chi connectivity index (χ2n) is 4.40. The first-order chi connectivity index (χ1) is 11.5. The first-order valence-electron chi connectivity index (χ1n) is 7.15. The van der Waals surface area contributed by atoms with E-state index < -0.39 is 37.0 Å². The van der Waals surface area contributed by atoms with Crippen molar-refractivity contribution in [1.29, 1.82) is 0 Å². The van der Waals surface area contributed by atoms with Gasteiger partial charge < -0.3 is 20.1 Å². The Hall–Kier alpha value is -3.10. The summed E-state index contributed by atoms with van der Waals surface area (Å²) in [6.45, 7) is 1.13. The molecule has 0 saturated carbocycles. The molecule has 3 N–H and O–H groups in total. The van der Waals surface area contributed by atoms with E-state index in [9.17, 15) is 19.2 Å². The van der Waals surface area contributed by atoms with Gasteiger partial charge in [-0.2, -0.15) is 0 Å². The number of carbonyl (C=O) groups is 4. The van der Waals surface area contributed by atoms with Crippen LogP contribution in [-0.4, -0.2) is 50.6 Å². The van der Waals surface area contributed by atoms with Gasteiger partial charge in [0.05, 0.1) is 12.2 Å². The standard InChI is InChI=1S/C15H19N3O6/c1-3-23-11-7-5-4-6-10(11)14(21)17-8-13(20)24-9-12(19)18-15(22)16-2/h4-7H,3,8-9H2,1-2H3,(H,17,21)(H2,16,18,19,22). The monoisotopic (exact) mass is 337 g/mol. The number of nitrogens with one attached hydrogen (secondary N) is 3. The number of amides is 4. The lowest BCUT2D eigenvalue weighted by molar-refractivity contribution is -0.147. The number of esters is 1. The van der Waals surface area contributed by atoms with Crippen LogP contribution in [0.3, 0.4) is 0 Å². The van der Waals surface area contributed by atoms with E-state index >= 15 is 0 Å². The second-order valence-corrected chi connectivity index (χ2v) is 4.40. The molecule has 9 heteroatoms. The zero-order chi connectivity index (χ0) is 17.9. The molecule has 0 unspecified atom stereocenters. The van der Waals surface area contributed by atoms with Crippen molar-refractivity contribution in [3.63, 3.8) is 0 Å². The lowest BCUT2D eigenvalue weighted by Crippen LogP contribution is -2.40. The minimum atomic E-state index is -0.815. The number of urea groups is 1. The maximum absolute atomic E-state index is 12.0. The van der Waals surface area contributed by atoms with Crippen molar-refractivity contribution in [2.75, 3.05) is 26.8 Å². The summed E-state index contributed by atoms with van der Waals surface area (Å²) in [5.74, 6) is -1.71. The largest absolute Gasteiger partial charge is 0.493 e. The van der Waals surface area contributed by atoms with Crippen molar-refractivity contribution >= 4 is 23.8 Å². The van der Waals surface area contributed by atoms with Gasteiger partial charge in [-0.05, 0) is 19.1 Å². The van der Waals surface area contributed by atoms with Gasteiger partial charge in [0, 0.05) is 7.05 Å². The molecule has 0 spiro atoms. The number of benzene rings is 1. The molecule has 0 radical (unpaired) electrons. The SMILES string of the molecule is CCOc1ccccc1C(=O)NCC(=O)OCC(=O)NC(=O)NC. The van der Waals surface area contributed by atoms with Crippen LogP contribution >= 0.6 is 0 Å². The molecular formula is C15H19N3O6. The van der Waals surface area contributed by atoms with Crippen LogP contribution in [0.5, 0.6) is 5.75 Å². The minimum absolute atomic E-state index is 0.282. The Kier molecular flexibility index (Phi) is 7.76. The van der Waals surface area contributed by atoms with E-state index in [0.717, 1.165) is 0 Å². The molecule has 0 atom stereocenters. The van der Waals surface area contributed by atoms with Crippen molar-refractivity contribution in [1.82, 2.24) is 16.0 Å². The van der Waals surface area contributed by atoms with Gasteiger partial charge in [-0.25, -0.2) is 4.79 Å². The normalized spacial score (nSPS) is 9.58. The van der Waals surface area contributed by atoms with Gasteiger partial charge in [-0.3, -0.25) is 19.7 Å². The molecule has 0 heterocycles.